The van der Waals surface area contributed by atoms with Gasteiger partial charge in [-0.05, 0) is 54.7 Å². The van der Waals surface area contributed by atoms with E-state index in [1.807, 2.05) is 32.0 Å². The largest absolute Gasteiger partial charge is 0.325 e. The predicted molar refractivity (Wildman–Crippen MR) is 102 cm³/mol. The highest BCUT2D eigenvalue weighted by Gasteiger charge is 2.26. The molecule has 136 valence electrons. The maximum atomic E-state index is 12.7. The van der Waals surface area contributed by atoms with Crippen LogP contribution in [0, 0.1) is 5.92 Å². The Labute approximate surface area is 153 Å². The second-order valence-corrected chi connectivity index (χ2v) is 7.02. The van der Waals surface area contributed by atoms with Crippen molar-refractivity contribution in [3.05, 3.63) is 53.9 Å². The number of rotatable bonds is 5. The second-order valence-electron chi connectivity index (χ2n) is 7.02. The molecule has 2 amide bonds. The third-order valence-electron chi connectivity index (χ3n) is 4.46. The number of pyridine rings is 1. The molecule has 2 heterocycles. The Morgan fingerprint density at radius 1 is 1.31 bits per heavy atom. The van der Waals surface area contributed by atoms with Crippen molar-refractivity contribution >= 4 is 23.2 Å². The molecule has 3 N–H and O–H groups in total. The van der Waals surface area contributed by atoms with E-state index in [0.29, 0.717) is 30.1 Å². The van der Waals surface area contributed by atoms with Gasteiger partial charge in [-0.1, -0.05) is 13.8 Å². The number of aromatic nitrogens is 1. The quantitative estimate of drug-likeness (QED) is 0.866. The number of nitrogens with two attached hydrogens (primary N) is 1. The van der Waals surface area contributed by atoms with Crippen LogP contribution in [0.3, 0.4) is 0 Å². The van der Waals surface area contributed by atoms with Crippen molar-refractivity contribution in [2.75, 3.05) is 16.8 Å². The lowest BCUT2D eigenvalue weighted by Gasteiger charge is -2.18. The summed E-state index contributed by atoms with van der Waals surface area (Å²) in [5, 5.41) is 2.88. The third-order valence-corrected chi connectivity index (χ3v) is 4.46. The van der Waals surface area contributed by atoms with Crippen molar-refractivity contribution in [2.45, 2.75) is 32.7 Å². The number of benzene rings is 1. The molecule has 0 aliphatic carbocycles. The van der Waals surface area contributed by atoms with E-state index in [9.17, 15) is 9.59 Å². The highest BCUT2D eigenvalue weighted by molar-refractivity contribution is 6.07. The van der Waals surface area contributed by atoms with E-state index < -0.39 is 6.04 Å². The monoisotopic (exact) mass is 352 g/mol. The van der Waals surface area contributed by atoms with Gasteiger partial charge in [0.25, 0.3) is 5.91 Å². The van der Waals surface area contributed by atoms with Crippen LogP contribution in [0.5, 0.6) is 0 Å². The molecule has 1 aromatic heterocycles. The van der Waals surface area contributed by atoms with Gasteiger partial charge >= 0.3 is 0 Å². The minimum atomic E-state index is -0.521. The van der Waals surface area contributed by atoms with Crippen LogP contribution in [0.4, 0.5) is 11.4 Å². The second kappa shape index (κ2) is 7.66. The molecule has 0 unspecified atom stereocenters. The molecule has 0 fully saturated rings. The zero-order chi connectivity index (χ0) is 18.7. The van der Waals surface area contributed by atoms with Gasteiger partial charge in [0.2, 0.25) is 5.91 Å². The number of hydrogen-bond donors (Lipinski definition) is 2. The Balaban J connectivity index is 1.72. The van der Waals surface area contributed by atoms with Gasteiger partial charge in [0.15, 0.2) is 0 Å². The van der Waals surface area contributed by atoms with E-state index in [2.05, 4.69) is 10.3 Å². The molecule has 1 aliphatic heterocycles. The number of hydrogen-bond acceptors (Lipinski definition) is 4. The van der Waals surface area contributed by atoms with Gasteiger partial charge in [-0.25, -0.2) is 0 Å². The molecule has 0 spiro atoms. The molecular formula is C20H24N4O2. The van der Waals surface area contributed by atoms with E-state index in [1.165, 1.54) is 0 Å². The molecular weight excluding hydrogens is 328 g/mol. The maximum Gasteiger partial charge on any atom is 0.259 e. The summed E-state index contributed by atoms with van der Waals surface area (Å²) < 4.78 is 0. The lowest BCUT2D eigenvalue weighted by molar-refractivity contribution is -0.117. The zero-order valence-electron chi connectivity index (χ0n) is 15.1. The summed E-state index contributed by atoms with van der Waals surface area (Å²) >= 11 is 0. The summed E-state index contributed by atoms with van der Waals surface area (Å²) in [6.07, 6.45) is 4.62. The molecule has 0 bridgehead atoms. The molecule has 1 aromatic carbocycles. The summed E-state index contributed by atoms with van der Waals surface area (Å²) in [5.41, 5.74) is 9.13. The smallest absolute Gasteiger partial charge is 0.259 e. The average Bonchev–Trinajstić information content (AvgIpc) is 3.04. The van der Waals surface area contributed by atoms with Crippen LogP contribution in [0.2, 0.25) is 0 Å². The van der Waals surface area contributed by atoms with Crippen molar-refractivity contribution in [1.82, 2.24) is 4.98 Å². The van der Waals surface area contributed by atoms with Crippen molar-refractivity contribution in [1.29, 1.82) is 0 Å². The fourth-order valence-corrected chi connectivity index (χ4v) is 3.19. The van der Waals surface area contributed by atoms with Gasteiger partial charge in [-0.3, -0.25) is 14.6 Å². The van der Waals surface area contributed by atoms with E-state index in [0.717, 1.165) is 17.7 Å². The number of carbonyl (C=O) groups excluding carboxylic acids is 2. The van der Waals surface area contributed by atoms with Gasteiger partial charge < -0.3 is 16.0 Å². The molecule has 2 aromatic rings. The van der Waals surface area contributed by atoms with Crippen LogP contribution in [0.25, 0.3) is 0 Å². The highest BCUT2D eigenvalue weighted by Crippen LogP contribution is 2.31. The van der Waals surface area contributed by atoms with Crippen LogP contribution in [0.15, 0.2) is 42.7 Å². The molecule has 6 nitrogen and oxygen atoms in total. The Morgan fingerprint density at radius 3 is 2.81 bits per heavy atom. The minimum Gasteiger partial charge on any atom is -0.325 e. The summed E-state index contributed by atoms with van der Waals surface area (Å²) in [6, 6.07) is 8.60. The number of nitrogens with zero attached hydrogens (tertiary/aromatic N) is 2. The Morgan fingerprint density at radius 2 is 2.12 bits per heavy atom. The maximum absolute atomic E-state index is 12.7. The molecule has 0 radical (unpaired) electrons. The number of anilines is 2. The van der Waals surface area contributed by atoms with E-state index in [1.54, 1.807) is 29.4 Å². The molecule has 6 heteroatoms. The van der Waals surface area contributed by atoms with Gasteiger partial charge in [0.1, 0.15) is 0 Å². The van der Waals surface area contributed by atoms with Crippen LogP contribution >= 0.6 is 0 Å². The standard InChI is InChI=1S/C20H24N4O2/c1-13(2)10-17(21)19(25)23-16-5-6-18-14(11-16)7-9-24(18)20(26)15-4-3-8-22-12-15/h3-6,8,11-13,17H,7,9-10,21H2,1-2H3,(H,23,25)/t17-/m0/s1. The molecule has 0 saturated carbocycles. The summed E-state index contributed by atoms with van der Waals surface area (Å²) in [7, 11) is 0. The number of carbonyl (C=O) groups is 2. The van der Waals surface area contributed by atoms with Crippen molar-refractivity contribution < 1.29 is 9.59 Å². The first-order chi connectivity index (χ1) is 12.5. The minimum absolute atomic E-state index is 0.0624. The molecule has 3 rings (SSSR count). The van der Waals surface area contributed by atoms with E-state index in [4.69, 9.17) is 5.73 Å². The zero-order valence-corrected chi connectivity index (χ0v) is 15.1. The topological polar surface area (TPSA) is 88.3 Å². The van der Waals surface area contributed by atoms with Crippen LogP contribution in [-0.4, -0.2) is 29.4 Å². The first kappa shape index (κ1) is 18.1. The number of nitrogens with one attached hydrogen (secondary N) is 1. The predicted octanol–water partition coefficient (Wildman–Crippen LogP) is 2.60. The van der Waals surface area contributed by atoms with Gasteiger partial charge in [0.05, 0.1) is 11.6 Å². The number of fused-ring (bicyclic) bond motifs is 1. The van der Waals surface area contributed by atoms with Gasteiger partial charge in [0, 0.05) is 30.3 Å². The van der Waals surface area contributed by atoms with Crippen LogP contribution in [0.1, 0.15) is 36.2 Å². The highest BCUT2D eigenvalue weighted by atomic mass is 16.2. The van der Waals surface area contributed by atoms with Crippen LogP contribution < -0.4 is 16.0 Å². The molecule has 1 aliphatic rings. The first-order valence-corrected chi connectivity index (χ1v) is 8.87. The normalized spacial score (nSPS) is 14.2. The summed E-state index contributed by atoms with van der Waals surface area (Å²) in [4.78, 5) is 30.6. The van der Waals surface area contributed by atoms with Crippen LogP contribution in [-0.2, 0) is 11.2 Å². The molecule has 1 atom stereocenters. The third kappa shape index (κ3) is 3.91. The molecule has 26 heavy (non-hydrogen) atoms. The molecule has 0 saturated heterocycles. The Bertz CT molecular complexity index is 805. The lowest BCUT2D eigenvalue weighted by Crippen LogP contribution is -2.36. The average molecular weight is 352 g/mol. The fraction of sp³-hybridized carbons (Fsp3) is 0.350. The van der Waals surface area contributed by atoms with Crippen molar-refractivity contribution in [3.8, 4) is 0 Å². The summed E-state index contributed by atoms with van der Waals surface area (Å²) in [5.74, 6) is 0.121. The Kier molecular flexibility index (Phi) is 5.32. The number of amides is 2. The fourth-order valence-electron chi connectivity index (χ4n) is 3.19. The van der Waals surface area contributed by atoms with E-state index >= 15 is 0 Å². The van der Waals surface area contributed by atoms with Gasteiger partial charge in [-0.2, -0.15) is 0 Å². The van der Waals surface area contributed by atoms with E-state index in [-0.39, 0.29) is 11.8 Å². The Hall–Kier alpha value is -2.73. The van der Waals surface area contributed by atoms with Crippen molar-refractivity contribution in [3.63, 3.8) is 0 Å². The summed E-state index contributed by atoms with van der Waals surface area (Å²) in [6.45, 7) is 4.69. The van der Waals surface area contributed by atoms with Crippen molar-refractivity contribution in [2.24, 2.45) is 11.7 Å². The van der Waals surface area contributed by atoms with Gasteiger partial charge in [-0.15, -0.1) is 0 Å². The first-order valence-electron chi connectivity index (χ1n) is 8.87. The lowest BCUT2D eigenvalue weighted by atomic mass is 10.0. The SMILES string of the molecule is CC(C)C[C@H](N)C(=O)Nc1ccc2c(c1)CCN2C(=O)c1cccnc1.